The number of alkyl halides is 2. The number of ether oxygens (including phenoxy) is 1. The number of aromatic nitrogens is 1. The van der Waals surface area contributed by atoms with Gasteiger partial charge in [-0.2, -0.15) is 0 Å². The third kappa shape index (κ3) is 3.03. The van der Waals surface area contributed by atoms with Gasteiger partial charge in [0.05, 0.1) is 17.8 Å². The van der Waals surface area contributed by atoms with Crippen LogP contribution < -0.4 is 10.2 Å². The van der Waals surface area contributed by atoms with E-state index in [0.717, 1.165) is 0 Å². The molecule has 4 nitrogen and oxygen atoms in total. The third-order valence-electron chi connectivity index (χ3n) is 3.92. The molecular weight excluding hydrogens is 279 g/mol. The molecule has 1 aromatic rings. The van der Waals surface area contributed by atoms with E-state index in [4.69, 9.17) is 14.0 Å². The maximum absolute atomic E-state index is 12.8. The van der Waals surface area contributed by atoms with Crippen LogP contribution in [0.3, 0.4) is 0 Å². The first-order valence-corrected chi connectivity index (χ1v) is 6.95. The fraction of sp³-hybridized carbons (Fsp3) is 0.643. The predicted molar refractivity (Wildman–Crippen MR) is 76.1 cm³/mol. The first-order valence-electron chi connectivity index (χ1n) is 6.95. The minimum atomic E-state index is -2.64. The molecule has 1 aromatic heterocycles. The Kier molecular flexibility index (Phi) is 4.26. The van der Waals surface area contributed by atoms with Crippen LogP contribution in [0.15, 0.2) is 12.1 Å². The van der Waals surface area contributed by atoms with Gasteiger partial charge < -0.3 is 14.0 Å². The highest BCUT2D eigenvalue weighted by molar-refractivity contribution is 6.63. The molecule has 0 amide bonds. The van der Waals surface area contributed by atoms with Crippen molar-refractivity contribution in [1.29, 1.82) is 0 Å². The third-order valence-corrected chi connectivity index (χ3v) is 3.92. The zero-order chi connectivity index (χ0) is 15.8. The van der Waals surface area contributed by atoms with E-state index in [1.165, 1.54) is 12.1 Å². The average molecular weight is 299 g/mol. The van der Waals surface area contributed by atoms with Crippen molar-refractivity contribution in [3.63, 3.8) is 0 Å². The molecule has 0 unspecified atom stereocenters. The van der Waals surface area contributed by atoms with Gasteiger partial charge in [-0.25, -0.2) is 13.8 Å². The SMILES string of the molecule is CCOc1nc(C(F)F)ccc1B1OC(C)(C)C(C)(C)O1. The molecule has 21 heavy (non-hydrogen) atoms. The first-order chi connectivity index (χ1) is 9.68. The molecule has 1 fully saturated rings. The molecule has 7 heteroatoms. The minimum absolute atomic E-state index is 0.133. The summed E-state index contributed by atoms with van der Waals surface area (Å²) in [5.41, 5.74) is -0.816. The number of pyridine rings is 1. The van der Waals surface area contributed by atoms with Crippen LogP contribution in [0.2, 0.25) is 0 Å². The second-order valence-corrected chi connectivity index (χ2v) is 5.95. The van der Waals surface area contributed by atoms with Crippen molar-refractivity contribution in [2.45, 2.75) is 52.2 Å². The van der Waals surface area contributed by atoms with E-state index in [1.54, 1.807) is 6.92 Å². The lowest BCUT2D eigenvalue weighted by Crippen LogP contribution is -2.41. The highest BCUT2D eigenvalue weighted by Crippen LogP contribution is 2.37. The Morgan fingerprint density at radius 2 is 1.76 bits per heavy atom. The summed E-state index contributed by atoms with van der Waals surface area (Å²) >= 11 is 0. The van der Waals surface area contributed by atoms with Gasteiger partial charge in [0.1, 0.15) is 5.69 Å². The van der Waals surface area contributed by atoms with Crippen molar-refractivity contribution in [2.24, 2.45) is 0 Å². The standard InChI is InChI=1S/C14H20BF2NO3/c1-6-19-12-9(7-8-10(18-12)11(16)17)15-20-13(2,3)14(4,5)21-15/h7-8,11H,6H2,1-5H3. The summed E-state index contributed by atoms with van der Waals surface area (Å²) in [4.78, 5) is 3.87. The molecule has 0 bridgehead atoms. The van der Waals surface area contributed by atoms with Crippen molar-refractivity contribution >= 4 is 12.6 Å². The predicted octanol–water partition coefficient (Wildman–Crippen LogP) is 2.72. The molecule has 2 heterocycles. The molecule has 1 aliphatic heterocycles. The van der Waals surface area contributed by atoms with Gasteiger partial charge in [0.15, 0.2) is 0 Å². The molecular formula is C14H20BF2NO3. The van der Waals surface area contributed by atoms with Crippen LogP contribution in [-0.2, 0) is 9.31 Å². The summed E-state index contributed by atoms with van der Waals surface area (Å²) in [5.74, 6) is 0.133. The number of hydrogen-bond acceptors (Lipinski definition) is 4. The largest absolute Gasteiger partial charge is 0.500 e. The van der Waals surface area contributed by atoms with Crippen LogP contribution in [-0.4, -0.2) is 29.9 Å². The lowest BCUT2D eigenvalue weighted by atomic mass is 9.79. The lowest BCUT2D eigenvalue weighted by Gasteiger charge is -2.32. The molecule has 116 valence electrons. The average Bonchev–Trinajstić information content (AvgIpc) is 2.58. The van der Waals surface area contributed by atoms with Gasteiger partial charge in [-0.05, 0) is 40.7 Å². The summed E-state index contributed by atoms with van der Waals surface area (Å²) in [5, 5.41) is 0. The topological polar surface area (TPSA) is 40.6 Å². The van der Waals surface area contributed by atoms with E-state index in [1.807, 2.05) is 27.7 Å². The number of hydrogen-bond donors (Lipinski definition) is 0. The number of halogens is 2. The maximum Gasteiger partial charge on any atom is 0.500 e. The van der Waals surface area contributed by atoms with E-state index in [9.17, 15) is 8.78 Å². The minimum Gasteiger partial charge on any atom is -0.478 e. The lowest BCUT2D eigenvalue weighted by molar-refractivity contribution is 0.00578. The Hall–Kier alpha value is -1.21. The van der Waals surface area contributed by atoms with E-state index in [-0.39, 0.29) is 11.6 Å². The van der Waals surface area contributed by atoms with E-state index >= 15 is 0 Å². The van der Waals surface area contributed by atoms with Crippen LogP contribution in [0.4, 0.5) is 8.78 Å². The van der Waals surface area contributed by atoms with E-state index in [2.05, 4.69) is 4.98 Å². The van der Waals surface area contributed by atoms with Crippen molar-refractivity contribution in [1.82, 2.24) is 4.98 Å². The van der Waals surface area contributed by atoms with Gasteiger partial charge >= 0.3 is 7.12 Å². The molecule has 2 rings (SSSR count). The van der Waals surface area contributed by atoms with Crippen LogP contribution in [0, 0.1) is 0 Å². The maximum atomic E-state index is 12.8. The van der Waals surface area contributed by atoms with Crippen molar-refractivity contribution in [3.05, 3.63) is 17.8 Å². The normalized spacial score (nSPS) is 20.1. The Bertz CT molecular complexity index is 507. The Morgan fingerprint density at radius 3 is 2.24 bits per heavy atom. The number of nitrogens with zero attached hydrogens (tertiary/aromatic N) is 1. The van der Waals surface area contributed by atoms with Crippen molar-refractivity contribution in [3.8, 4) is 5.88 Å². The van der Waals surface area contributed by atoms with Crippen molar-refractivity contribution in [2.75, 3.05) is 6.61 Å². The fourth-order valence-electron chi connectivity index (χ4n) is 1.99. The molecule has 0 aromatic carbocycles. The summed E-state index contributed by atoms with van der Waals surface area (Å²) in [7, 11) is -0.684. The Balaban J connectivity index is 2.36. The summed E-state index contributed by atoms with van der Waals surface area (Å²) < 4.78 is 42.7. The first kappa shape index (κ1) is 16.2. The molecule has 0 atom stereocenters. The summed E-state index contributed by atoms with van der Waals surface area (Å²) in [6.07, 6.45) is -2.64. The quantitative estimate of drug-likeness (QED) is 0.802. The van der Waals surface area contributed by atoms with Crippen molar-refractivity contribution < 1.29 is 22.8 Å². The Labute approximate surface area is 123 Å². The van der Waals surface area contributed by atoms with Gasteiger partial charge in [0, 0.05) is 5.46 Å². The van der Waals surface area contributed by atoms with Crippen LogP contribution in [0.5, 0.6) is 5.88 Å². The zero-order valence-corrected chi connectivity index (χ0v) is 12.9. The van der Waals surface area contributed by atoms with Gasteiger partial charge in [-0.1, -0.05) is 6.07 Å². The number of rotatable bonds is 4. The zero-order valence-electron chi connectivity index (χ0n) is 12.9. The van der Waals surface area contributed by atoms with Crippen LogP contribution >= 0.6 is 0 Å². The smallest absolute Gasteiger partial charge is 0.478 e. The van der Waals surface area contributed by atoms with Gasteiger partial charge in [-0.3, -0.25) is 0 Å². The second kappa shape index (κ2) is 5.53. The highest BCUT2D eigenvalue weighted by atomic mass is 19.3. The van der Waals surface area contributed by atoms with Gasteiger partial charge in [0.2, 0.25) is 5.88 Å². The van der Waals surface area contributed by atoms with E-state index in [0.29, 0.717) is 12.1 Å². The summed E-state index contributed by atoms with van der Waals surface area (Å²) in [6.45, 7) is 9.79. The molecule has 0 saturated carbocycles. The van der Waals surface area contributed by atoms with Crippen LogP contribution in [0.25, 0.3) is 0 Å². The monoisotopic (exact) mass is 299 g/mol. The van der Waals surface area contributed by atoms with Gasteiger partial charge in [0.25, 0.3) is 6.43 Å². The molecule has 0 spiro atoms. The molecule has 1 saturated heterocycles. The molecule has 1 aliphatic rings. The molecule has 0 radical (unpaired) electrons. The highest BCUT2D eigenvalue weighted by Gasteiger charge is 2.52. The van der Waals surface area contributed by atoms with E-state index < -0.39 is 24.7 Å². The molecule has 0 N–H and O–H groups in total. The fourth-order valence-corrected chi connectivity index (χ4v) is 1.99. The Morgan fingerprint density at radius 1 is 1.19 bits per heavy atom. The molecule has 0 aliphatic carbocycles. The van der Waals surface area contributed by atoms with Gasteiger partial charge in [-0.15, -0.1) is 0 Å². The second-order valence-electron chi connectivity index (χ2n) is 5.95. The summed E-state index contributed by atoms with van der Waals surface area (Å²) in [6, 6.07) is 2.80. The van der Waals surface area contributed by atoms with Crippen LogP contribution in [0.1, 0.15) is 46.7 Å².